The Labute approximate surface area is 181 Å². The summed E-state index contributed by atoms with van der Waals surface area (Å²) >= 11 is 0. The highest BCUT2D eigenvalue weighted by molar-refractivity contribution is 6.00. The number of carbonyl (C=O) groups is 3. The minimum atomic E-state index is -1.17. The van der Waals surface area contributed by atoms with E-state index in [1.807, 2.05) is 0 Å². The van der Waals surface area contributed by atoms with E-state index in [4.69, 9.17) is 4.74 Å². The maximum Gasteiger partial charge on any atom is 0.251 e. The van der Waals surface area contributed by atoms with E-state index in [-0.39, 0.29) is 24.6 Å². The number of aromatic hydroxyl groups is 1. The summed E-state index contributed by atoms with van der Waals surface area (Å²) in [5.74, 6) is -1.02. The van der Waals surface area contributed by atoms with Gasteiger partial charge in [0.1, 0.15) is 23.9 Å². The zero-order chi connectivity index (χ0) is 22.6. The summed E-state index contributed by atoms with van der Waals surface area (Å²) in [4.78, 5) is 38.2. The summed E-state index contributed by atoms with van der Waals surface area (Å²) in [5.41, 5.74) is 0.846. The van der Waals surface area contributed by atoms with Crippen molar-refractivity contribution < 1.29 is 24.2 Å². The molecule has 31 heavy (non-hydrogen) atoms. The Morgan fingerprint density at radius 2 is 1.87 bits per heavy atom. The average Bonchev–Trinajstić information content (AvgIpc) is 3.01. The molecule has 3 N–H and O–H groups in total. The largest absolute Gasteiger partial charge is 0.508 e. The number of ether oxygens (including phenoxy) is 1. The number of phenolic OH excluding ortho intramolecular Hbond substituents is 1. The molecule has 3 rings (SSSR count). The molecule has 1 saturated heterocycles. The van der Waals surface area contributed by atoms with Crippen LogP contribution in [0, 0.1) is 0 Å². The molecular weight excluding hydrogens is 396 g/mol. The maximum absolute atomic E-state index is 13.1. The molecule has 0 aromatic heterocycles. The quantitative estimate of drug-likeness (QED) is 0.635. The van der Waals surface area contributed by atoms with E-state index < -0.39 is 29.5 Å². The van der Waals surface area contributed by atoms with Gasteiger partial charge in [-0.2, -0.15) is 0 Å². The molecule has 1 heterocycles. The van der Waals surface area contributed by atoms with Gasteiger partial charge in [0.05, 0.1) is 6.10 Å². The summed E-state index contributed by atoms with van der Waals surface area (Å²) in [5, 5.41) is 15.0. The minimum absolute atomic E-state index is 0.0669. The second-order valence-corrected chi connectivity index (χ2v) is 7.79. The smallest absolute Gasteiger partial charge is 0.251 e. The molecule has 1 aliphatic heterocycles. The molecule has 0 saturated carbocycles. The zero-order valence-electron chi connectivity index (χ0n) is 17.6. The summed E-state index contributed by atoms with van der Waals surface area (Å²) in [7, 11) is 0. The SMILES string of the molecule is C=Cc1ccc(C(=O)NC(Cc2ccc(O)cc2)C(=O)NC2(C)C(=O)COC2C)cc1. The van der Waals surface area contributed by atoms with Gasteiger partial charge in [0.15, 0.2) is 5.78 Å². The Balaban J connectivity index is 1.81. The third-order valence-electron chi connectivity index (χ3n) is 5.65. The van der Waals surface area contributed by atoms with Gasteiger partial charge < -0.3 is 20.5 Å². The molecule has 7 heteroatoms. The predicted octanol–water partition coefficient (Wildman–Crippen LogP) is 2.24. The van der Waals surface area contributed by atoms with Gasteiger partial charge in [-0.3, -0.25) is 14.4 Å². The van der Waals surface area contributed by atoms with Crippen LogP contribution in [0.1, 0.15) is 35.3 Å². The molecule has 2 amide bonds. The van der Waals surface area contributed by atoms with Crippen molar-refractivity contribution in [1.82, 2.24) is 10.6 Å². The second-order valence-electron chi connectivity index (χ2n) is 7.79. The van der Waals surface area contributed by atoms with Gasteiger partial charge in [0.2, 0.25) is 5.91 Å². The number of phenols is 1. The number of ketones is 1. The van der Waals surface area contributed by atoms with E-state index in [9.17, 15) is 19.5 Å². The number of amides is 2. The molecule has 0 spiro atoms. The van der Waals surface area contributed by atoms with E-state index in [2.05, 4.69) is 17.2 Å². The molecule has 0 radical (unpaired) electrons. The van der Waals surface area contributed by atoms with Gasteiger partial charge in [-0.25, -0.2) is 0 Å². The van der Waals surface area contributed by atoms with Crippen molar-refractivity contribution in [3.05, 3.63) is 71.8 Å². The molecule has 0 bridgehead atoms. The summed E-state index contributed by atoms with van der Waals surface area (Å²) in [6.45, 7) is 6.97. The Morgan fingerprint density at radius 1 is 1.23 bits per heavy atom. The molecule has 1 aliphatic rings. The fraction of sp³-hybridized carbons (Fsp3) is 0.292. The lowest BCUT2D eigenvalue weighted by atomic mass is 9.92. The van der Waals surface area contributed by atoms with Crippen LogP contribution in [0.2, 0.25) is 0 Å². The zero-order valence-corrected chi connectivity index (χ0v) is 17.6. The van der Waals surface area contributed by atoms with Gasteiger partial charge in [-0.05, 0) is 49.2 Å². The van der Waals surface area contributed by atoms with Gasteiger partial charge in [0, 0.05) is 12.0 Å². The van der Waals surface area contributed by atoms with Gasteiger partial charge in [-0.1, -0.05) is 36.9 Å². The molecule has 0 aliphatic carbocycles. The number of benzene rings is 2. The van der Waals surface area contributed by atoms with E-state index in [1.54, 1.807) is 56.3 Å². The van der Waals surface area contributed by atoms with Crippen LogP contribution in [0.4, 0.5) is 0 Å². The Kier molecular flexibility index (Phi) is 6.56. The highest BCUT2D eigenvalue weighted by Crippen LogP contribution is 2.22. The molecule has 162 valence electrons. The molecular formula is C24H26N2O5. The fourth-order valence-corrected chi connectivity index (χ4v) is 3.35. The number of hydrogen-bond acceptors (Lipinski definition) is 5. The van der Waals surface area contributed by atoms with Crippen LogP contribution in [-0.2, 0) is 20.7 Å². The van der Waals surface area contributed by atoms with Crippen LogP contribution in [0.5, 0.6) is 5.75 Å². The number of Topliss-reactive ketones (excluding diaryl/α,β-unsaturated/α-hetero) is 1. The van der Waals surface area contributed by atoms with E-state index >= 15 is 0 Å². The Morgan fingerprint density at radius 3 is 2.42 bits per heavy atom. The van der Waals surface area contributed by atoms with Crippen LogP contribution in [-0.4, -0.2) is 47.0 Å². The van der Waals surface area contributed by atoms with Crippen LogP contribution in [0.15, 0.2) is 55.1 Å². The summed E-state index contributed by atoms with van der Waals surface area (Å²) in [6.07, 6.45) is 1.37. The molecule has 3 unspecified atom stereocenters. The Bertz CT molecular complexity index is 984. The first kappa shape index (κ1) is 22.2. The van der Waals surface area contributed by atoms with Gasteiger partial charge in [0.25, 0.3) is 5.91 Å². The molecule has 2 aromatic carbocycles. The molecule has 7 nitrogen and oxygen atoms in total. The van der Waals surface area contributed by atoms with Crippen molar-refractivity contribution in [2.24, 2.45) is 0 Å². The van der Waals surface area contributed by atoms with Crippen molar-refractivity contribution in [3.8, 4) is 5.75 Å². The van der Waals surface area contributed by atoms with E-state index in [0.29, 0.717) is 5.56 Å². The lowest BCUT2D eigenvalue weighted by Gasteiger charge is -2.30. The van der Waals surface area contributed by atoms with E-state index in [1.165, 1.54) is 12.1 Å². The van der Waals surface area contributed by atoms with Crippen molar-refractivity contribution >= 4 is 23.7 Å². The first-order valence-corrected chi connectivity index (χ1v) is 10.0. The first-order valence-electron chi connectivity index (χ1n) is 10.0. The standard InChI is InChI=1S/C24H26N2O5/c1-4-16-5-9-18(10-6-16)22(29)25-20(13-17-7-11-19(27)12-8-17)23(30)26-24(3)15(2)31-14-21(24)28/h4-12,15,20,27H,1,13-14H2,2-3H3,(H,25,29)(H,26,30). The van der Waals surface area contributed by atoms with Crippen molar-refractivity contribution in [2.75, 3.05) is 6.61 Å². The minimum Gasteiger partial charge on any atom is -0.508 e. The summed E-state index contributed by atoms with van der Waals surface area (Å²) in [6, 6.07) is 12.3. The van der Waals surface area contributed by atoms with Crippen LogP contribution in [0.3, 0.4) is 0 Å². The monoisotopic (exact) mass is 422 g/mol. The molecule has 3 atom stereocenters. The predicted molar refractivity (Wildman–Crippen MR) is 117 cm³/mol. The molecule has 1 fully saturated rings. The van der Waals surface area contributed by atoms with Crippen LogP contribution >= 0.6 is 0 Å². The topological polar surface area (TPSA) is 105 Å². The lowest BCUT2D eigenvalue weighted by Crippen LogP contribution is -2.60. The second kappa shape index (κ2) is 9.14. The molecule has 2 aromatic rings. The third kappa shape index (κ3) is 5.00. The number of hydrogen-bond donors (Lipinski definition) is 3. The maximum atomic E-state index is 13.1. The van der Waals surface area contributed by atoms with Gasteiger partial charge in [-0.15, -0.1) is 0 Å². The lowest BCUT2D eigenvalue weighted by molar-refractivity contribution is -0.130. The fourth-order valence-electron chi connectivity index (χ4n) is 3.35. The first-order chi connectivity index (χ1) is 14.7. The van der Waals surface area contributed by atoms with Crippen LogP contribution in [0.25, 0.3) is 6.08 Å². The van der Waals surface area contributed by atoms with Crippen molar-refractivity contribution in [1.29, 1.82) is 0 Å². The number of nitrogens with one attached hydrogen (secondary N) is 2. The highest BCUT2D eigenvalue weighted by Gasteiger charge is 2.47. The van der Waals surface area contributed by atoms with E-state index in [0.717, 1.165) is 11.1 Å². The Hall–Kier alpha value is -3.45. The van der Waals surface area contributed by atoms with Crippen molar-refractivity contribution in [3.63, 3.8) is 0 Å². The third-order valence-corrected chi connectivity index (χ3v) is 5.65. The van der Waals surface area contributed by atoms with Crippen LogP contribution < -0.4 is 10.6 Å². The van der Waals surface area contributed by atoms with Gasteiger partial charge >= 0.3 is 0 Å². The highest BCUT2D eigenvalue weighted by atomic mass is 16.5. The summed E-state index contributed by atoms with van der Waals surface area (Å²) < 4.78 is 5.38. The number of rotatable bonds is 7. The number of carbonyl (C=O) groups excluding carboxylic acids is 3. The normalized spacial score (nSPS) is 21.4. The average molecular weight is 422 g/mol. The van der Waals surface area contributed by atoms with Crippen molar-refractivity contribution in [2.45, 2.75) is 38.0 Å².